The van der Waals surface area contributed by atoms with Gasteiger partial charge in [-0.1, -0.05) is 12.1 Å². The minimum absolute atomic E-state index is 0.585. The van der Waals surface area contributed by atoms with Crippen molar-refractivity contribution in [1.82, 2.24) is 0 Å². The van der Waals surface area contributed by atoms with E-state index in [2.05, 4.69) is 37.8 Å². The zero-order valence-electron chi connectivity index (χ0n) is 10.3. The van der Waals surface area contributed by atoms with Gasteiger partial charge in [0.1, 0.15) is 0 Å². The van der Waals surface area contributed by atoms with Crippen LogP contribution in [0.25, 0.3) is 0 Å². The molecule has 1 heterocycles. The van der Waals surface area contributed by atoms with Crippen molar-refractivity contribution in [2.24, 2.45) is 5.73 Å². The van der Waals surface area contributed by atoms with Gasteiger partial charge in [-0.05, 0) is 31.9 Å². The zero-order chi connectivity index (χ0) is 11.7. The fraction of sp³-hybridized carbons (Fsp3) is 0.538. The number of aryl methyl sites for hydroxylation is 2. The van der Waals surface area contributed by atoms with Gasteiger partial charge in [-0.3, -0.25) is 0 Å². The van der Waals surface area contributed by atoms with Gasteiger partial charge in [-0.25, -0.2) is 0 Å². The maximum atomic E-state index is 5.72. The Balaban J connectivity index is 2.49. The number of rotatable bonds is 2. The first kappa shape index (κ1) is 11.8. The van der Waals surface area contributed by atoms with Crippen LogP contribution in [0.4, 0.5) is 5.69 Å². The van der Waals surface area contributed by atoms with Crippen LogP contribution in [-0.2, 0) is 0 Å². The fourth-order valence-electron chi connectivity index (χ4n) is 2.30. The topological polar surface area (TPSA) is 29.3 Å². The number of fused-ring (bicyclic) bond motifs is 1. The Morgan fingerprint density at radius 1 is 1.38 bits per heavy atom. The van der Waals surface area contributed by atoms with Gasteiger partial charge in [0.2, 0.25) is 0 Å². The molecule has 1 unspecified atom stereocenters. The summed E-state index contributed by atoms with van der Waals surface area (Å²) in [6.45, 7) is 8.36. The van der Waals surface area contributed by atoms with Gasteiger partial charge in [0.25, 0.3) is 0 Å². The first-order chi connectivity index (χ1) is 7.65. The Morgan fingerprint density at radius 2 is 2.06 bits per heavy atom. The molecule has 1 aliphatic rings. The van der Waals surface area contributed by atoms with E-state index < -0.39 is 0 Å². The van der Waals surface area contributed by atoms with E-state index in [9.17, 15) is 0 Å². The second kappa shape index (κ2) is 4.68. The van der Waals surface area contributed by atoms with E-state index in [4.69, 9.17) is 5.73 Å². The standard InChI is InChI=1S/C13H20N2S/c1-9-4-5-10(2)13-12(9)15(7-6-14)11(3)8-16-13/h4-5,11H,6-8,14H2,1-3H3. The zero-order valence-corrected chi connectivity index (χ0v) is 11.1. The van der Waals surface area contributed by atoms with E-state index in [1.165, 1.54) is 21.7 Å². The Labute approximate surface area is 102 Å². The van der Waals surface area contributed by atoms with Gasteiger partial charge in [-0.15, -0.1) is 11.8 Å². The predicted octanol–water partition coefficient (Wildman–Crippen LogP) is 2.56. The number of nitrogens with zero attached hydrogens (tertiary/aromatic N) is 1. The lowest BCUT2D eigenvalue weighted by Crippen LogP contribution is -2.41. The van der Waals surface area contributed by atoms with Crippen LogP contribution < -0.4 is 10.6 Å². The van der Waals surface area contributed by atoms with E-state index in [0.29, 0.717) is 6.04 Å². The number of thioether (sulfide) groups is 1. The third kappa shape index (κ3) is 1.94. The monoisotopic (exact) mass is 236 g/mol. The van der Waals surface area contributed by atoms with Crippen LogP contribution in [0.5, 0.6) is 0 Å². The van der Waals surface area contributed by atoms with Crippen molar-refractivity contribution >= 4 is 17.4 Å². The molecule has 0 fully saturated rings. The van der Waals surface area contributed by atoms with Crippen LogP contribution in [0, 0.1) is 13.8 Å². The summed E-state index contributed by atoms with van der Waals surface area (Å²) in [4.78, 5) is 3.92. The summed E-state index contributed by atoms with van der Waals surface area (Å²) in [7, 11) is 0. The van der Waals surface area contributed by atoms with E-state index in [0.717, 1.165) is 18.8 Å². The molecular weight excluding hydrogens is 216 g/mol. The van der Waals surface area contributed by atoms with Gasteiger partial charge in [0.05, 0.1) is 5.69 Å². The number of benzene rings is 1. The van der Waals surface area contributed by atoms with Crippen molar-refractivity contribution in [3.8, 4) is 0 Å². The summed E-state index contributed by atoms with van der Waals surface area (Å²) in [5, 5.41) is 0. The lowest BCUT2D eigenvalue weighted by Gasteiger charge is -2.38. The highest BCUT2D eigenvalue weighted by molar-refractivity contribution is 7.99. The molecule has 1 aromatic rings. The molecule has 2 N–H and O–H groups in total. The number of hydrogen-bond donors (Lipinski definition) is 1. The maximum Gasteiger partial charge on any atom is 0.0539 e. The smallest absolute Gasteiger partial charge is 0.0539 e. The summed E-state index contributed by atoms with van der Waals surface area (Å²) in [6.07, 6.45) is 0. The molecule has 0 amide bonds. The molecule has 1 aromatic carbocycles. The van der Waals surface area contributed by atoms with Crippen molar-refractivity contribution in [2.75, 3.05) is 23.7 Å². The summed E-state index contributed by atoms with van der Waals surface area (Å²) >= 11 is 1.98. The molecule has 2 nitrogen and oxygen atoms in total. The van der Waals surface area contributed by atoms with Gasteiger partial charge < -0.3 is 10.6 Å². The molecule has 0 saturated carbocycles. The minimum Gasteiger partial charge on any atom is -0.366 e. The first-order valence-corrected chi connectivity index (χ1v) is 6.83. The number of anilines is 1. The highest BCUT2D eigenvalue weighted by atomic mass is 32.2. The second-order valence-corrected chi connectivity index (χ2v) is 5.55. The van der Waals surface area contributed by atoms with E-state index in [1.807, 2.05) is 11.8 Å². The first-order valence-electron chi connectivity index (χ1n) is 5.85. The van der Waals surface area contributed by atoms with E-state index in [-0.39, 0.29) is 0 Å². The van der Waals surface area contributed by atoms with Crippen molar-refractivity contribution in [2.45, 2.75) is 31.7 Å². The normalized spacial score (nSPS) is 19.8. The largest absolute Gasteiger partial charge is 0.366 e. The molecule has 0 saturated heterocycles. The van der Waals surface area contributed by atoms with Crippen LogP contribution in [0.15, 0.2) is 17.0 Å². The SMILES string of the molecule is Cc1ccc(C)c2c1SCC(C)N2CCN. The van der Waals surface area contributed by atoms with Gasteiger partial charge in [0.15, 0.2) is 0 Å². The summed E-state index contributed by atoms with van der Waals surface area (Å²) in [6, 6.07) is 5.02. The summed E-state index contributed by atoms with van der Waals surface area (Å²) in [5.41, 5.74) is 9.89. The molecule has 0 bridgehead atoms. The average Bonchev–Trinajstić information content (AvgIpc) is 2.27. The van der Waals surface area contributed by atoms with Crippen LogP contribution >= 0.6 is 11.8 Å². The Hall–Kier alpha value is -0.670. The van der Waals surface area contributed by atoms with Crippen molar-refractivity contribution in [3.05, 3.63) is 23.3 Å². The maximum absolute atomic E-state index is 5.72. The van der Waals surface area contributed by atoms with Gasteiger partial charge >= 0.3 is 0 Å². The molecule has 2 rings (SSSR count). The molecule has 3 heteroatoms. The Bertz CT molecular complexity index is 390. The van der Waals surface area contributed by atoms with Crippen molar-refractivity contribution in [1.29, 1.82) is 0 Å². The molecule has 0 aliphatic carbocycles. The second-order valence-electron chi connectivity index (χ2n) is 4.52. The Morgan fingerprint density at radius 3 is 2.75 bits per heavy atom. The van der Waals surface area contributed by atoms with Crippen LogP contribution in [0.2, 0.25) is 0 Å². The van der Waals surface area contributed by atoms with E-state index in [1.54, 1.807) is 0 Å². The number of hydrogen-bond acceptors (Lipinski definition) is 3. The third-order valence-corrected chi connectivity index (χ3v) is 4.64. The summed E-state index contributed by atoms with van der Waals surface area (Å²) < 4.78 is 0. The Kier molecular flexibility index (Phi) is 3.45. The van der Waals surface area contributed by atoms with Crippen molar-refractivity contribution in [3.63, 3.8) is 0 Å². The molecule has 0 radical (unpaired) electrons. The molecular formula is C13H20N2S. The molecule has 16 heavy (non-hydrogen) atoms. The molecule has 88 valence electrons. The fourth-order valence-corrected chi connectivity index (χ4v) is 3.59. The van der Waals surface area contributed by atoms with Crippen LogP contribution in [-0.4, -0.2) is 24.9 Å². The molecule has 1 atom stereocenters. The van der Waals surface area contributed by atoms with Crippen LogP contribution in [0.3, 0.4) is 0 Å². The predicted molar refractivity (Wildman–Crippen MR) is 72.5 cm³/mol. The van der Waals surface area contributed by atoms with E-state index >= 15 is 0 Å². The van der Waals surface area contributed by atoms with Gasteiger partial charge in [-0.2, -0.15) is 0 Å². The third-order valence-electron chi connectivity index (χ3n) is 3.19. The lowest BCUT2D eigenvalue weighted by molar-refractivity contribution is 0.675. The van der Waals surface area contributed by atoms with Crippen LogP contribution in [0.1, 0.15) is 18.1 Å². The molecule has 1 aliphatic heterocycles. The highest BCUT2D eigenvalue weighted by Crippen LogP contribution is 2.41. The molecule has 0 aromatic heterocycles. The molecule has 0 spiro atoms. The quantitative estimate of drug-likeness (QED) is 0.855. The number of nitrogens with two attached hydrogens (primary N) is 1. The lowest BCUT2D eigenvalue weighted by atomic mass is 10.1. The van der Waals surface area contributed by atoms with Crippen molar-refractivity contribution < 1.29 is 0 Å². The highest BCUT2D eigenvalue weighted by Gasteiger charge is 2.25. The minimum atomic E-state index is 0.585. The van der Waals surface area contributed by atoms with Gasteiger partial charge in [0, 0.05) is 29.8 Å². The summed E-state index contributed by atoms with van der Waals surface area (Å²) in [5.74, 6) is 1.16. The average molecular weight is 236 g/mol.